The molecule has 1 N–H and O–H groups in total. The summed E-state index contributed by atoms with van der Waals surface area (Å²) in [7, 11) is 0. The topological polar surface area (TPSA) is 21.3 Å². The second kappa shape index (κ2) is 7.22. The zero-order valence-electron chi connectivity index (χ0n) is 10.2. The molecule has 0 aromatic heterocycles. The SMILES string of the molecule is CC(C)CCNCc1ccc(OC(F)F)cc1. The third-order valence-corrected chi connectivity index (χ3v) is 2.38. The molecular formula is C13H19F2NO. The van der Waals surface area contributed by atoms with Crippen LogP contribution in [0.1, 0.15) is 25.8 Å². The van der Waals surface area contributed by atoms with E-state index >= 15 is 0 Å². The normalized spacial score (nSPS) is 11.2. The molecule has 96 valence electrons. The van der Waals surface area contributed by atoms with Gasteiger partial charge in [-0.3, -0.25) is 0 Å². The third kappa shape index (κ3) is 6.22. The van der Waals surface area contributed by atoms with E-state index in [9.17, 15) is 8.78 Å². The molecule has 0 saturated carbocycles. The predicted molar refractivity (Wildman–Crippen MR) is 64.2 cm³/mol. The van der Waals surface area contributed by atoms with Crippen LogP contribution in [0.4, 0.5) is 8.78 Å². The standard InChI is InChI=1S/C13H19F2NO/c1-10(2)7-8-16-9-11-3-5-12(6-4-11)17-13(14)15/h3-6,10,13,16H,7-9H2,1-2H3. The van der Waals surface area contributed by atoms with Crippen molar-refractivity contribution in [2.24, 2.45) is 5.92 Å². The van der Waals surface area contributed by atoms with Gasteiger partial charge in [0.15, 0.2) is 0 Å². The van der Waals surface area contributed by atoms with Crippen molar-refractivity contribution in [3.63, 3.8) is 0 Å². The Morgan fingerprint density at radius 3 is 2.35 bits per heavy atom. The van der Waals surface area contributed by atoms with Crippen LogP contribution < -0.4 is 10.1 Å². The highest BCUT2D eigenvalue weighted by atomic mass is 19.3. The Balaban J connectivity index is 2.30. The summed E-state index contributed by atoms with van der Waals surface area (Å²) >= 11 is 0. The lowest BCUT2D eigenvalue weighted by atomic mass is 10.1. The summed E-state index contributed by atoms with van der Waals surface area (Å²) in [5.41, 5.74) is 1.07. The lowest BCUT2D eigenvalue weighted by molar-refractivity contribution is -0.0498. The van der Waals surface area contributed by atoms with Crippen molar-refractivity contribution in [2.45, 2.75) is 33.4 Å². The van der Waals surface area contributed by atoms with Gasteiger partial charge in [0.1, 0.15) is 5.75 Å². The quantitative estimate of drug-likeness (QED) is 0.741. The van der Waals surface area contributed by atoms with Gasteiger partial charge in [0, 0.05) is 6.54 Å². The summed E-state index contributed by atoms with van der Waals surface area (Å²) in [5, 5.41) is 3.30. The van der Waals surface area contributed by atoms with Crippen LogP contribution in [-0.4, -0.2) is 13.2 Å². The van der Waals surface area contributed by atoms with E-state index in [0.717, 1.165) is 25.1 Å². The highest BCUT2D eigenvalue weighted by Crippen LogP contribution is 2.14. The predicted octanol–water partition coefficient (Wildman–Crippen LogP) is 3.42. The fourth-order valence-corrected chi connectivity index (χ4v) is 1.41. The number of benzene rings is 1. The molecule has 0 atom stereocenters. The number of hydrogen-bond donors (Lipinski definition) is 1. The van der Waals surface area contributed by atoms with Crippen LogP contribution in [0.3, 0.4) is 0 Å². The monoisotopic (exact) mass is 243 g/mol. The number of ether oxygens (including phenoxy) is 1. The van der Waals surface area contributed by atoms with E-state index in [1.165, 1.54) is 0 Å². The van der Waals surface area contributed by atoms with Crippen LogP contribution in [0.25, 0.3) is 0 Å². The Kier molecular flexibility index (Phi) is 5.91. The van der Waals surface area contributed by atoms with Crippen LogP contribution in [0.15, 0.2) is 24.3 Å². The summed E-state index contributed by atoms with van der Waals surface area (Å²) in [6.45, 7) is 3.32. The van der Waals surface area contributed by atoms with E-state index in [0.29, 0.717) is 5.92 Å². The highest BCUT2D eigenvalue weighted by molar-refractivity contribution is 5.27. The van der Waals surface area contributed by atoms with Crippen LogP contribution in [0.5, 0.6) is 5.75 Å². The molecule has 0 aliphatic heterocycles. The Bertz CT molecular complexity index is 312. The van der Waals surface area contributed by atoms with E-state index in [-0.39, 0.29) is 5.75 Å². The zero-order valence-corrected chi connectivity index (χ0v) is 10.2. The molecule has 0 aliphatic carbocycles. The molecule has 17 heavy (non-hydrogen) atoms. The first kappa shape index (κ1) is 13.9. The fourth-order valence-electron chi connectivity index (χ4n) is 1.41. The van der Waals surface area contributed by atoms with Crippen LogP contribution in [0.2, 0.25) is 0 Å². The molecule has 1 aromatic carbocycles. The Labute approximate surface area is 101 Å². The first-order chi connectivity index (χ1) is 8.08. The van der Waals surface area contributed by atoms with E-state index < -0.39 is 6.61 Å². The zero-order chi connectivity index (χ0) is 12.7. The maximum Gasteiger partial charge on any atom is 0.387 e. The van der Waals surface area contributed by atoms with Gasteiger partial charge in [0.25, 0.3) is 0 Å². The molecular weight excluding hydrogens is 224 g/mol. The van der Waals surface area contributed by atoms with Gasteiger partial charge in [-0.05, 0) is 36.6 Å². The van der Waals surface area contributed by atoms with Crippen molar-refractivity contribution in [1.29, 1.82) is 0 Å². The molecule has 0 bridgehead atoms. The second-order valence-corrected chi connectivity index (χ2v) is 4.38. The maximum atomic E-state index is 11.9. The Morgan fingerprint density at radius 2 is 1.82 bits per heavy atom. The lowest BCUT2D eigenvalue weighted by Gasteiger charge is -2.08. The molecule has 0 saturated heterocycles. The molecule has 2 nitrogen and oxygen atoms in total. The lowest BCUT2D eigenvalue weighted by Crippen LogP contribution is -2.16. The Hall–Kier alpha value is -1.16. The summed E-state index contributed by atoms with van der Waals surface area (Å²) in [4.78, 5) is 0. The van der Waals surface area contributed by atoms with Gasteiger partial charge in [-0.1, -0.05) is 26.0 Å². The number of alkyl halides is 2. The van der Waals surface area contributed by atoms with Gasteiger partial charge in [-0.2, -0.15) is 8.78 Å². The number of halogens is 2. The highest BCUT2D eigenvalue weighted by Gasteiger charge is 2.03. The molecule has 0 fully saturated rings. The van der Waals surface area contributed by atoms with Crippen LogP contribution >= 0.6 is 0 Å². The second-order valence-electron chi connectivity index (χ2n) is 4.38. The minimum absolute atomic E-state index is 0.200. The van der Waals surface area contributed by atoms with E-state index in [4.69, 9.17) is 0 Å². The van der Waals surface area contributed by atoms with E-state index in [2.05, 4.69) is 23.9 Å². The van der Waals surface area contributed by atoms with Crippen molar-refractivity contribution in [3.8, 4) is 5.75 Å². The van der Waals surface area contributed by atoms with Crippen molar-refractivity contribution in [3.05, 3.63) is 29.8 Å². The van der Waals surface area contributed by atoms with Gasteiger partial charge in [-0.25, -0.2) is 0 Å². The largest absolute Gasteiger partial charge is 0.435 e. The molecule has 0 unspecified atom stereocenters. The van der Waals surface area contributed by atoms with Crippen molar-refractivity contribution in [2.75, 3.05) is 6.54 Å². The first-order valence-corrected chi connectivity index (χ1v) is 5.82. The minimum Gasteiger partial charge on any atom is -0.435 e. The summed E-state index contributed by atoms with van der Waals surface area (Å²) < 4.78 is 28.1. The van der Waals surface area contributed by atoms with Gasteiger partial charge >= 0.3 is 6.61 Å². The average molecular weight is 243 g/mol. The molecule has 0 spiro atoms. The van der Waals surface area contributed by atoms with Crippen molar-refractivity contribution < 1.29 is 13.5 Å². The van der Waals surface area contributed by atoms with E-state index in [1.807, 2.05) is 0 Å². The van der Waals surface area contributed by atoms with Crippen LogP contribution in [0, 0.1) is 5.92 Å². The molecule has 0 amide bonds. The van der Waals surface area contributed by atoms with Gasteiger partial charge in [0.05, 0.1) is 0 Å². The number of rotatable bonds is 7. The Morgan fingerprint density at radius 1 is 1.18 bits per heavy atom. The fraction of sp³-hybridized carbons (Fsp3) is 0.538. The van der Waals surface area contributed by atoms with Gasteiger partial charge < -0.3 is 10.1 Å². The maximum absolute atomic E-state index is 11.9. The smallest absolute Gasteiger partial charge is 0.387 e. The molecule has 0 aliphatic rings. The molecule has 4 heteroatoms. The number of nitrogens with one attached hydrogen (secondary N) is 1. The summed E-state index contributed by atoms with van der Waals surface area (Å²) in [6, 6.07) is 6.71. The average Bonchev–Trinajstić information content (AvgIpc) is 2.25. The summed E-state index contributed by atoms with van der Waals surface area (Å²) in [6.07, 6.45) is 1.13. The molecule has 1 aromatic rings. The molecule has 0 radical (unpaired) electrons. The first-order valence-electron chi connectivity index (χ1n) is 5.82. The van der Waals surface area contributed by atoms with Crippen molar-refractivity contribution >= 4 is 0 Å². The molecule has 1 rings (SSSR count). The van der Waals surface area contributed by atoms with Crippen LogP contribution in [-0.2, 0) is 6.54 Å². The minimum atomic E-state index is -2.76. The molecule has 0 heterocycles. The summed E-state index contributed by atoms with van der Waals surface area (Å²) in [5.74, 6) is 0.884. The van der Waals surface area contributed by atoms with E-state index in [1.54, 1.807) is 24.3 Å². The number of hydrogen-bond acceptors (Lipinski definition) is 2. The van der Waals surface area contributed by atoms with Gasteiger partial charge in [0.2, 0.25) is 0 Å². The van der Waals surface area contributed by atoms with Crippen molar-refractivity contribution in [1.82, 2.24) is 5.32 Å². The third-order valence-electron chi connectivity index (χ3n) is 2.38. The van der Waals surface area contributed by atoms with Gasteiger partial charge in [-0.15, -0.1) is 0 Å².